The molecule has 134 valence electrons. The molecule has 0 saturated carbocycles. The number of aromatic carboxylic acids is 1. The van der Waals surface area contributed by atoms with Crippen molar-refractivity contribution in [3.8, 4) is 0 Å². The van der Waals surface area contributed by atoms with E-state index in [4.69, 9.17) is 5.11 Å². The first-order valence-corrected chi connectivity index (χ1v) is 9.42. The van der Waals surface area contributed by atoms with Crippen molar-refractivity contribution in [2.75, 3.05) is 18.0 Å². The summed E-state index contributed by atoms with van der Waals surface area (Å²) in [7, 11) is 0. The van der Waals surface area contributed by atoms with Gasteiger partial charge >= 0.3 is 5.97 Å². The van der Waals surface area contributed by atoms with Gasteiger partial charge in [0, 0.05) is 29.1 Å². The van der Waals surface area contributed by atoms with E-state index < -0.39 is 12.1 Å². The van der Waals surface area contributed by atoms with Crippen LogP contribution in [0.3, 0.4) is 0 Å². The molecule has 0 radical (unpaired) electrons. The zero-order valence-electron chi connectivity index (χ0n) is 13.5. The van der Waals surface area contributed by atoms with E-state index in [1.54, 1.807) is 11.0 Å². The lowest BCUT2D eigenvalue weighted by molar-refractivity contribution is 0.0701. The fraction of sp³-hybridized carbons (Fsp3) is 0.438. The van der Waals surface area contributed by atoms with Gasteiger partial charge in [0.1, 0.15) is 11.0 Å². The van der Waals surface area contributed by atoms with Gasteiger partial charge in [-0.05, 0) is 35.3 Å². The number of carbonyl (C=O) groups excluding carboxylic acids is 1. The summed E-state index contributed by atoms with van der Waals surface area (Å²) in [6.07, 6.45) is 0.806. The van der Waals surface area contributed by atoms with Gasteiger partial charge in [0.05, 0.1) is 18.4 Å². The van der Waals surface area contributed by atoms with Crippen molar-refractivity contribution in [2.24, 2.45) is 5.92 Å². The molecule has 2 atom stereocenters. The van der Waals surface area contributed by atoms with E-state index in [0.717, 1.165) is 21.5 Å². The number of nitrogens with zero attached hydrogens (tertiary/aromatic N) is 2. The number of hydrogen-bond acceptors (Lipinski definition) is 5. The number of thiazole rings is 1. The quantitative estimate of drug-likeness (QED) is 0.707. The van der Waals surface area contributed by atoms with Crippen LogP contribution in [0, 0.1) is 12.8 Å². The Kier molecular flexibility index (Phi) is 5.24. The predicted octanol–water partition coefficient (Wildman–Crippen LogP) is 3.68. The number of rotatable bonds is 5. The van der Waals surface area contributed by atoms with Crippen LogP contribution in [0.2, 0.25) is 0 Å². The van der Waals surface area contributed by atoms with Crippen LogP contribution in [0.5, 0.6) is 0 Å². The fourth-order valence-corrected chi connectivity index (χ4v) is 4.02. The maximum atomic E-state index is 14.6. The van der Waals surface area contributed by atoms with Gasteiger partial charge in [0.2, 0.25) is 0 Å². The van der Waals surface area contributed by atoms with Gasteiger partial charge in [-0.2, -0.15) is 0 Å². The second-order valence-corrected chi connectivity index (χ2v) is 7.97. The number of hydrogen-bond donors (Lipinski definition) is 2. The molecule has 25 heavy (non-hydrogen) atoms. The van der Waals surface area contributed by atoms with Crippen molar-refractivity contribution in [2.45, 2.75) is 25.9 Å². The Morgan fingerprint density at radius 3 is 2.88 bits per heavy atom. The maximum absolute atomic E-state index is 14.6. The molecule has 0 spiro atoms. The highest BCUT2D eigenvalue weighted by Crippen LogP contribution is 2.31. The molecule has 0 aromatic carbocycles. The summed E-state index contributed by atoms with van der Waals surface area (Å²) in [5.41, 5.74) is 1.36. The molecule has 9 heteroatoms. The number of alkyl halides is 1. The van der Waals surface area contributed by atoms with Crippen LogP contribution >= 0.6 is 27.3 Å². The number of ketones is 1. The van der Waals surface area contributed by atoms with Gasteiger partial charge in [-0.1, -0.05) is 11.3 Å². The van der Waals surface area contributed by atoms with Crippen molar-refractivity contribution in [3.05, 3.63) is 33.0 Å². The minimum absolute atomic E-state index is 0.0997. The van der Waals surface area contributed by atoms with E-state index in [2.05, 4.69) is 25.9 Å². The minimum atomic E-state index is -1.16. The van der Waals surface area contributed by atoms with E-state index >= 15 is 0 Å². The van der Waals surface area contributed by atoms with E-state index in [0.29, 0.717) is 23.8 Å². The number of carboxylic acid groups (broad SMARTS) is 1. The number of halogens is 2. The van der Waals surface area contributed by atoms with Crippen LogP contribution in [-0.2, 0) is 0 Å². The number of Topliss-reactive ketones (excluding diaryl/α,β-unsaturated/α-hetero) is 1. The number of aromatic amines is 1. The Morgan fingerprint density at radius 1 is 1.56 bits per heavy atom. The highest BCUT2D eigenvalue weighted by atomic mass is 79.9. The van der Waals surface area contributed by atoms with E-state index in [9.17, 15) is 14.0 Å². The van der Waals surface area contributed by atoms with Gasteiger partial charge in [0.15, 0.2) is 10.9 Å². The normalized spacial score (nSPS) is 20.7. The maximum Gasteiger partial charge on any atom is 0.347 e. The molecular weight excluding hydrogens is 413 g/mol. The minimum Gasteiger partial charge on any atom is -0.477 e. The molecule has 2 N–H and O–H groups in total. The number of aryl methyl sites for hydroxylation is 1. The van der Waals surface area contributed by atoms with Crippen molar-refractivity contribution >= 4 is 44.2 Å². The summed E-state index contributed by atoms with van der Waals surface area (Å²) < 4.78 is 15.4. The average molecular weight is 430 g/mol. The second kappa shape index (κ2) is 7.25. The van der Waals surface area contributed by atoms with Gasteiger partial charge in [-0.3, -0.25) is 4.79 Å². The standard InChI is InChI=1S/C16H17BrFN3O3S/c1-8-10(17)5-12(20-8)13(22)4-9-2-3-21(7-11(9)18)16-19-6-14(25-16)15(23)24/h5-6,9,11,20H,2-4,7H2,1H3,(H,23,24)/t9-,11-/m0/s1. The lowest BCUT2D eigenvalue weighted by Crippen LogP contribution is -2.42. The summed E-state index contributed by atoms with van der Waals surface area (Å²) in [6.45, 7) is 2.53. The van der Waals surface area contributed by atoms with Gasteiger partial charge < -0.3 is 15.0 Å². The van der Waals surface area contributed by atoms with Gasteiger partial charge in [0.25, 0.3) is 0 Å². The molecule has 6 nitrogen and oxygen atoms in total. The largest absolute Gasteiger partial charge is 0.477 e. The molecule has 2 aromatic rings. The highest BCUT2D eigenvalue weighted by Gasteiger charge is 2.32. The number of carboxylic acids is 1. The summed E-state index contributed by atoms with van der Waals surface area (Å²) in [5.74, 6) is -1.48. The van der Waals surface area contributed by atoms with Crippen molar-refractivity contribution in [3.63, 3.8) is 0 Å². The first kappa shape index (κ1) is 18.1. The number of piperidine rings is 1. The SMILES string of the molecule is Cc1[nH]c(C(=O)C[C@@H]2CCN(c3ncc(C(=O)O)s3)C[C@@H]2F)cc1Br. The zero-order chi connectivity index (χ0) is 18.1. The van der Waals surface area contributed by atoms with Crippen LogP contribution in [0.1, 0.15) is 38.7 Å². The van der Waals surface area contributed by atoms with Gasteiger partial charge in [-0.15, -0.1) is 0 Å². The Bertz CT molecular complexity index is 787. The predicted molar refractivity (Wildman–Crippen MR) is 96.5 cm³/mol. The number of H-pyrrole nitrogens is 1. The Hall–Kier alpha value is -1.74. The zero-order valence-corrected chi connectivity index (χ0v) is 15.9. The Labute approximate surface area is 156 Å². The third-order valence-electron chi connectivity index (χ3n) is 4.35. The van der Waals surface area contributed by atoms with E-state index in [1.165, 1.54) is 6.20 Å². The first-order valence-electron chi connectivity index (χ1n) is 7.81. The van der Waals surface area contributed by atoms with Crippen molar-refractivity contribution < 1.29 is 19.1 Å². The third kappa shape index (κ3) is 3.92. The van der Waals surface area contributed by atoms with Crippen LogP contribution in [-0.4, -0.2) is 46.1 Å². The molecule has 3 heterocycles. The average Bonchev–Trinajstić information content (AvgIpc) is 3.17. The van der Waals surface area contributed by atoms with Crippen LogP contribution in [0.4, 0.5) is 9.52 Å². The first-order chi connectivity index (χ1) is 11.8. The van der Waals surface area contributed by atoms with Gasteiger partial charge in [-0.25, -0.2) is 14.2 Å². The Balaban J connectivity index is 1.61. The highest BCUT2D eigenvalue weighted by molar-refractivity contribution is 9.10. The summed E-state index contributed by atoms with van der Waals surface area (Å²) in [6, 6.07) is 1.73. The van der Waals surface area contributed by atoms with E-state index in [-0.39, 0.29) is 29.5 Å². The molecule has 1 saturated heterocycles. The smallest absolute Gasteiger partial charge is 0.347 e. The second-order valence-electron chi connectivity index (χ2n) is 6.11. The fourth-order valence-electron chi connectivity index (χ4n) is 2.90. The summed E-state index contributed by atoms with van der Waals surface area (Å²) in [4.78, 5) is 32.2. The molecular formula is C16H17BrFN3O3S. The lowest BCUT2D eigenvalue weighted by atomic mass is 9.89. The van der Waals surface area contributed by atoms with Crippen LogP contribution in [0.25, 0.3) is 0 Å². The monoisotopic (exact) mass is 429 g/mol. The number of carbonyl (C=O) groups is 2. The van der Waals surface area contributed by atoms with E-state index in [1.807, 2.05) is 6.92 Å². The molecule has 0 unspecified atom stereocenters. The molecule has 2 aromatic heterocycles. The third-order valence-corrected chi connectivity index (χ3v) is 6.22. The lowest BCUT2D eigenvalue weighted by Gasteiger charge is -2.34. The molecule has 1 aliphatic rings. The van der Waals surface area contributed by atoms with Crippen LogP contribution < -0.4 is 4.90 Å². The summed E-state index contributed by atoms with van der Waals surface area (Å²) >= 11 is 4.39. The Morgan fingerprint density at radius 2 is 2.32 bits per heavy atom. The number of nitrogens with one attached hydrogen (secondary N) is 1. The summed E-state index contributed by atoms with van der Waals surface area (Å²) in [5, 5.41) is 9.46. The van der Waals surface area contributed by atoms with Crippen molar-refractivity contribution in [1.29, 1.82) is 0 Å². The van der Waals surface area contributed by atoms with Crippen molar-refractivity contribution in [1.82, 2.24) is 9.97 Å². The molecule has 1 fully saturated rings. The molecule has 3 rings (SSSR count). The number of aromatic nitrogens is 2. The molecule has 1 aliphatic heterocycles. The molecule has 0 aliphatic carbocycles. The van der Waals surface area contributed by atoms with Crippen LogP contribution in [0.15, 0.2) is 16.7 Å². The number of anilines is 1. The topological polar surface area (TPSA) is 86.3 Å². The molecule has 0 bridgehead atoms. The molecule has 0 amide bonds.